The van der Waals surface area contributed by atoms with Gasteiger partial charge in [0, 0.05) is 38.3 Å². The summed E-state index contributed by atoms with van der Waals surface area (Å²) in [6, 6.07) is 4.57. The van der Waals surface area contributed by atoms with Crippen LogP contribution in [0.5, 0.6) is 0 Å². The molecule has 2 heterocycles. The highest BCUT2D eigenvalue weighted by atomic mass is 32.2. The Morgan fingerprint density at radius 2 is 1.88 bits per heavy atom. The van der Waals surface area contributed by atoms with Gasteiger partial charge in [-0.05, 0) is 12.1 Å². The number of non-ortho nitro benzene ring substituents is 1. The van der Waals surface area contributed by atoms with Crippen molar-refractivity contribution >= 4 is 27.6 Å². The molecule has 2 aromatic rings. The Labute approximate surface area is 137 Å². The molecule has 24 heavy (non-hydrogen) atoms. The number of rotatable bonds is 5. The average molecular weight is 353 g/mol. The minimum absolute atomic E-state index is 0.0121. The molecule has 3 rings (SSSR count). The number of anilines is 2. The number of nitrogens with one attached hydrogen (secondary N) is 3. The molecule has 1 aliphatic heterocycles. The van der Waals surface area contributed by atoms with Gasteiger partial charge in [0.2, 0.25) is 11.9 Å². The second kappa shape index (κ2) is 6.41. The SMILES string of the molecule is O=[N+]([O-])c1ccc(S(=O)(=O)Nc2nc(N3CCNCC3)n[nH]2)cc1. The Hall–Kier alpha value is -2.73. The number of benzene rings is 1. The minimum atomic E-state index is -3.91. The molecule has 0 aliphatic carbocycles. The van der Waals surface area contributed by atoms with Crippen molar-refractivity contribution in [2.24, 2.45) is 0 Å². The number of nitro groups is 1. The third-order valence-electron chi connectivity index (χ3n) is 3.46. The van der Waals surface area contributed by atoms with Crippen molar-refractivity contribution in [2.45, 2.75) is 4.90 Å². The van der Waals surface area contributed by atoms with Crippen LogP contribution < -0.4 is 14.9 Å². The van der Waals surface area contributed by atoms with Crippen molar-refractivity contribution in [3.05, 3.63) is 34.4 Å². The number of nitrogens with zero attached hydrogens (tertiary/aromatic N) is 4. The molecule has 0 radical (unpaired) electrons. The van der Waals surface area contributed by atoms with Crippen LogP contribution in [0.25, 0.3) is 0 Å². The van der Waals surface area contributed by atoms with E-state index in [0.717, 1.165) is 50.4 Å². The summed E-state index contributed by atoms with van der Waals surface area (Å²) >= 11 is 0. The van der Waals surface area contributed by atoms with Gasteiger partial charge in [-0.2, -0.15) is 4.98 Å². The molecule has 11 nitrogen and oxygen atoms in total. The molecule has 0 amide bonds. The molecular formula is C12H15N7O4S. The van der Waals surface area contributed by atoms with Crippen molar-refractivity contribution in [3.63, 3.8) is 0 Å². The Balaban J connectivity index is 1.74. The first-order valence-electron chi connectivity index (χ1n) is 7.11. The molecule has 12 heteroatoms. The molecule has 1 aromatic heterocycles. The maximum absolute atomic E-state index is 12.3. The molecule has 1 fully saturated rings. The van der Waals surface area contributed by atoms with Crippen LogP contribution in [0, 0.1) is 10.1 Å². The third-order valence-corrected chi connectivity index (χ3v) is 4.82. The van der Waals surface area contributed by atoms with Gasteiger partial charge in [0.1, 0.15) is 0 Å². The quantitative estimate of drug-likeness (QED) is 0.500. The highest BCUT2D eigenvalue weighted by Crippen LogP contribution is 2.18. The summed E-state index contributed by atoms with van der Waals surface area (Å²) in [5, 5.41) is 20.3. The first-order chi connectivity index (χ1) is 11.5. The Morgan fingerprint density at radius 1 is 1.21 bits per heavy atom. The lowest BCUT2D eigenvalue weighted by Gasteiger charge is -2.25. The second-order valence-corrected chi connectivity index (χ2v) is 6.76. The lowest BCUT2D eigenvalue weighted by Crippen LogP contribution is -2.44. The molecule has 0 atom stereocenters. The Kier molecular flexibility index (Phi) is 4.31. The largest absolute Gasteiger partial charge is 0.337 e. The van der Waals surface area contributed by atoms with Gasteiger partial charge >= 0.3 is 0 Å². The van der Waals surface area contributed by atoms with E-state index in [1.807, 2.05) is 4.90 Å². The van der Waals surface area contributed by atoms with Gasteiger partial charge in [0.25, 0.3) is 15.7 Å². The number of piperazine rings is 1. The van der Waals surface area contributed by atoms with Crippen LogP contribution in [-0.4, -0.2) is 54.7 Å². The highest BCUT2D eigenvalue weighted by Gasteiger charge is 2.20. The van der Waals surface area contributed by atoms with Gasteiger partial charge in [-0.15, -0.1) is 5.10 Å². The number of hydrogen-bond acceptors (Lipinski definition) is 8. The summed E-state index contributed by atoms with van der Waals surface area (Å²) in [4.78, 5) is 16.0. The van der Waals surface area contributed by atoms with E-state index in [1.54, 1.807) is 0 Å². The van der Waals surface area contributed by atoms with Crippen molar-refractivity contribution in [3.8, 4) is 0 Å². The summed E-state index contributed by atoms with van der Waals surface area (Å²) in [6.45, 7) is 3.07. The first-order valence-corrected chi connectivity index (χ1v) is 8.59. The van der Waals surface area contributed by atoms with Gasteiger partial charge in [-0.1, -0.05) is 0 Å². The smallest absolute Gasteiger partial charge is 0.269 e. The maximum atomic E-state index is 12.3. The molecular weight excluding hydrogens is 338 g/mol. The summed E-state index contributed by atoms with van der Waals surface area (Å²) in [7, 11) is -3.91. The normalized spacial score (nSPS) is 15.2. The zero-order chi connectivity index (χ0) is 17.2. The number of H-pyrrole nitrogens is 1. The van der Waals surface area contributed by atoms with Crippen LogP contribution in [0.1, 0.15) is 0 Å². The van der Waals surface area contributed by atoms with E-state index in [1.165, 1.54) is 0 Å². The number of aromatic amines is 1. The third kappa shape index (κ3) is 3.44. The van der Waals surface area contributed by atoms with Gasteiger partial charge < -0.3 is 10.2 Å². The van der Waals surface area contributed by atoms with Crippen molar-refractivity contribution in [1.82, 2.24) is 20.5 Å². The average Bonchev–Trinajstić information content (AvgIpc) is 3.03. The zero-order valence-corrected chi connectivity index (χ0v) is 13.3. The number of sulfonamides is 1. The topological polar surface area (TPSA) is 146 Å². The van der Waals surface area contributed by atoms with E-state index in [2.05, 4.69) is 25.2 Å². The van der Waals surface area contributed by atoms with Crippen LogP contribution in [-0.2, 0) is 10.0 Å². The Morgan fingerprint density at radius 3 is 2.50 bits per heavy atom. The molecule has 0 saturated carbocycles. The van der Waals surface area contributed by atoms with E-state index in [-0.39, 0.29) is 16.5 Å². The summed E-state index contributed by atoms with van der Waals surface area (Å²) < 4.78 is 26.8. The van der Waals surface area contributed by atoms with E-state index in [9.17, 15) is 18.5 Å². The van der Waals surface area contributed by atoms with Crippen LogP contribution in [0.15, 0.2) is 29.2 Å². The monoisotopic (exact) mass is 353 g/mol. The van der Waals surface area contributed by atoms with E-state index >= 15 is 0 Å². The van der Waals surface area contributed by atoms with Crippen molar-refractivity contribution in [2.75, 3.05) is 35.8 Å². The standard InChI is InChI=1S/C12H15N7O4S/c20-19(21)9-1-3-10(4-2-9)24(22,23)17-11-14-12(16-15-11)18-7-5-13-6-8-18/h1-4,13H,5-8H2,(H2,14,15,16,17). The predicted molar refractivity (Wildman–Crippen MR) is 85.4 cm³/mol. The van der Waals surface area contributed by atoms with E-state index in [0.29, 0.717) is 5.95 Å². The van der Waals surface area contributed by atoms with Gasteiger partial charge in [-0.25, -0.2) is 18.2 Å². The lowest BCUT2D eigenvalue weighted by molar-refractivity contribution is -0.384. The van der Waals surface area contributed by atoms with E-state index in [4.69, 9.17) is 0 Å². The van der Waals surface area contributed by atoms with Gasteiger partial charge in [0.05, 0.1) is 9.82 Å². The molecule has 3 N–H and O–H groups in total. The molecule has 128 valence electrons. The van der Waals surface area contributed by atoms with Gasteiger partial charge in [-0.3, -0.25) is 10.1 Å². The minimum Gasteiger partial charge on any atom is -0.337 e. The van der Waals surface area contributed by atoms with E-state index < -0.39 is 14.9 Å². The first kappa shape index (κ1) is 16.1. The van der Waals surface area contributed by atoms with Crippen LogP contribution in [0.4, 0.5) is 17.6 Å². The van der Waals surface area contributed by atoms with Crippen LogP contribution in [0.3, 0.4) is 0 Å². The molecule has 0 bridgehead atoms. The molecule has 1 saturated heterocycles. The van der Waals surface area contributed by atoms with Crippen molar-refractivity contribution in [1.29, 1.82) is 0 Å². The molecule has 1 aliphatic rings. The zero-order valence-electron chi connectivity index (χ0n) is 12.5. The number of hydrogen-bond donors (Lipinski definition) is 3. The number of aromatic nitrogens is 3. The summed E-state index contributed by atoms with van der Waals surface area (Å²) in [6.07, 6.45) is 0. The summed E-state index contributed by atoms with van der Waals surface area (Å²) in [5.74, 6) is 0.403. The highest BCUT2D eigenvalue weighted by molar-refractivity contribution is 7.92. The second-order valence-electron chi connectivity index (χ2n) is 5.08. The maximum Gasteiger partial charge on any atom is 0.269 e. The summed E-state index contributed by atoms with van der Waals surface area (Å²) in [5.41, 5.74) is -0.186. The van der Waals surface area contributed by atoms with Crippen LogP contribution in [0.2, 0.25) is 0 Å². The fourth-order valence-electron chi connectivity index (χ4n) is 2.24. The molecule has 0 unspecified atom stereocenters. The predicted octanol–water partition coefficient (Wildman–Crippen LogP) is -0.0767. The Bertz CT molecular complexity index is 827. The molecule has 0 spiro atoms. The fourth-order valence-corrected chi connectivity index (χ4v) is 3.20. The van der Waals surface area contributed by atoms with Crippen LogP contribution >= 0.6 is 0 Å². The van der Waals surface area contributed by atoms with Gasteiger partial charge in [0.15, 0.2) is 0 Å². The lowest BCUT2D eigenvalue weighted by atomic mass is 10.3. The fraction of sp³-hybridized carbons (Fsp3) is 0.333. The van der Waals surface area contributed by atoms with Crippen molar-refractivity contribution < 1.29 is 13.3 Å². The number of nitro benzene ring substituents is 1. The molecule has 1 aromatic carbocycles.